The highest BCUT2D eigenvalue weighted by molar-refractivity contribution is 7.89. The minimum absolute atomic E-state index is 0.0692. The number of hydrogen-bond donors (Lipinski definition) is 2. The van der Waals surface area contributed by atoms with Crippen LogP contribution in [0.5, 0.6) is 5.75 Å². The Balaban J connectivity index is 1.79. The van der Waals surface area contributed by atoms with Gasteiger partial charge in [-0.3, -0.25) is 0 Å². The number of benzene rings is 2. The maximum absolute atomic E-state index is 12.5. The number of anilines is 1. The lowest BCUT2D eigenvalue weighted by molar-refractivity contribution is 0.413. The molecule has 6 nitrogen and oxygen atoms in total. The number of hydrogen-bond acceptors (Lipinski definition) is 5. The van der Waals surface area contributed by atoms with E-state index in [1.807, 2.05) is 12.1 Å². The molecule has 26 heavy (non-hydrogen) atoms. The summed E-state index contributed by atoms with van der Waals surface area (Å²) in [6.45, 7) is 2.26. The van der Waals surface area contributed by atoms with E-state index in [0.717, 1.165) is 24.1 Å². The van der Waals surface area contributed by atoms with Crippen molar-refractivity contribution in [2.45, 2.75) is 37.2 Å². The van der Waals surface area contributed by atoms with E-state index in [-0.39, 0.29) is 6.04 Å². The predicted octanol–water partition coefficient (Wildman–Crippen LogP) is 2.93. The van der Waals surface area contributed by atoms with Crippen molar-refractivity contribution >= 4 is 15.7 Å². The Bertz CT molecular complexity index is 960. The van der Waals surface area contributed by atoms with Crippen LogP contribution in [0.2, 0.25) is 0 Å². The second-order valence-corrected chi connectivity index (χ2v) is 8.01. The number of nitriles is 1. The first-order valence-corrected chi connectivity index (χ1v) is 9.86. The molecule has 0 radical (unpaired) electrons. The Morgan fingerprint density at radius 1 is 1.27 bits per heavy atom. The summed E-state index contributed by atoms with van der Waals surface area (Å²) in [6.07, 6.45) is 1.80. The minimum atomic E-state index is -3.50. The average Bonchev–Trinajstić information content (AvgIpc) is 3.43. The predicted molar refractivity (Wildman–Crippen MR) is 99.6 cm³/mol. The van der Waals surface area contributed by atoms with Crippen LogP contribution in [0.1, 0.15) is 29.5 Å². The van der Waals surface area contributed by atoms with Gasteiger partial charge in [0.25, 0.3) is 0 Å². The average molecular weight is 371 g/mol. The van der Waals surface area contributed by atoms with Crippen LogP contribution in [0.25, 0.3) is 0 Å². The van der Waals surface area contributed by atoms with Crippen LogP contribution in [0.4, 0.5) is 5.69 Å². The van der Waals surface area contributed by atoms with Gasteiger partial charge in [0.1, 0.15) is 11.8 Å². The van der Waals surface area contributed by atoms with Gasteiger partial charge in [0, 0.05) is 18.3 Å². The lowest BCUT2D eigenvalue weighted by Crippen LogP contribution is -2.26. The Labute approximate surface area is 153 Å². The van der Waals surface area contributed by atoms with Crippen LogP contribution < -0.4 is 14.8 Å². The topological polar surface area (TPSA) is 91.2 Å². The number of sulfonamides is 1. The fraction of sp³-hybridized carbons (Fsp3) is 0.316. The summed E-state index contributed by atoms with van der Waals surface area (Å²) in [5.74, 6) is 0.534. The normalized spacial score (nSPS) is 13.9. The third-order valence-corrected chi connectivity index (χ3v) is 6.01. The van der Waals surface area contributed by atoms with Gasteiger partial charge in [-0.1, -0.05) is 12.1 Å². The van der Waals surface area contributed by atoms with Crippen LogP contribution in [0.15, 0.2) is 41.3 Å². The molecule has 3 rings (SSSR count). The molecule has 1 aliphatic carbocycles. The van der Waals surface area contributed by atoms with Crippen LogP contribution in [-0.4, -0.2) is 21.6 Å². The van der Waals surface area contributed by atoms with Gasteiger partial charge >= 0.3 is 0 Å². The fourth-order valence-corrected chi connectivity index (χ4v) is 4.30. The molecule has 1 aliphatic rings. The van der Waals surface area contributed by atoms with Crippen molar-refractivity contribution in [3.63, 3.8) is 0 Å². The molecule has 1 fully saturated rings. The third-order valence-electron chi connectivity index (χ3n) is 4.34. The number of methoxy groups -OCH3 is 1. The summed E-state index contributed by atoms with van der Waals surface area (Å²) >= 11 is 0. The van der Waals surface area contributed by atoms with E-state index in [1.54, 1.807) is 31.2 Å². The Kier molecular flexibility index (Phi) is 5.16. The first-order valence-electron chi connectivity index (χ1n) is 8.37. The highest BCUT2D eigenvalue weighted by Crippen LogP contribution is 2.27. The summed E-state index contributed by atoms with van der Waals surface area (Å²) in [6, 6.07) is 12.8. The van der Waals surface area contributed by atoms with Crippen LogP contribution in [0.3, 0.4) is 0 Å². The molecule has 2 aromatic rings. The lowest BCUT2D eigenvalue weighted by Gasteiger charge is -2.14. The van der Waals surface area contributed by atoms with Crippen LogP contribution >= 0.6 is 0 Å². The molecule has 0 heterocycles. The van der Waals surface area contributed by atoms with Crippen LogP contribution in [-0.2, 0) is 16.6 Å². The maximum atomic E-state index is 12.5. The summed E-state index contributed by atoms with van der Waals surface area (Å²) in [5.41, 5.74) is 2.80. The lowest BCUT2D eigenvalue weighted by atomic mass is 10.1. The van der Waals surface area contributed by atoms with Crippen molar-refractivity contribution < 1.29 is 13.2 Å². The number of ether oxygens (including phenoxy) is 1. The van der Waals surface area contributed by atoms with E-state index in [9.17, 15) is 13.7 Å². The molecule has 0 bridgehead atoms. The molecule has 2 N–H and O–H groups in total. The van der Waals surface area contributed by atoms with E-state index in [0.29, 0.717) is 28.3 Å². The zero-order valence-corrected chi connectivity index (χ0v) is 15.6. The molecular formula is C19H21N3O3S. The molecule has 2 aromatic carbocycles. The molecule has 136 valence electrons. The molecule has 0 unspecified atom stereocenters. The van der Waals surface area contributed by atoms with Gasteiger partial charge in [-0.25, -0.2) is 13.1 Å². The summed E-state index contributed by atoms with van der Waals surface area (Å²) in [7, 11) is -1.98. The summed E-state index contributed by atoms with van der Waals surface area (Å²) in [5, 5.41) is 12.4. The van der Waals surface area contributed by atoms with Gasteiger partial charge < -0.3 is 10.1 Å². The van der Waals surface area contributed by atoms with Crippen molar-refractivity contribution in [1.82, 2.24) is 4.72 Å². The second kappa shape index (κ2) is 7.36. The third kappa shape index (κ3) is 3.98. The van der Waals surface area contributed by atoms with Gasteiger partial charge in [-0.05, 0) is 55.2 Å². The minimum Gasteiger partial charge on any atom is -0.495 e. The molecule has 0 amide bonds. The molecular weight excluding hydrogens is 350 g/mol. The van der Waals surface area contributed by atoms with Crippen molar-refractivity contribution in [3.8, 4) is 11.8 Å². The van der Waals surface area contributed by atoms with E-state index in [2.05, 4.69) is 16.1 Å². The first kappa shape index (κ1) is 18.2. The van der Waals surface area contributed by atoms with Crippen molar-refractivity contribution in [3.05, 3.63) is 53.1 Å². The molecule has 0 aliphatic heterocycles. The highest BCUT2D eigenvalue weighted by Gasteiger charge is 2.29. The van der Waals surface area contributed by atoms with Gasteiger partial charge in [0.15, 0.2) is 0 Å². The molecule has 0 saturated heterocycles. The molecule has 1 saturated carbocycles. The zero-order valence-electron chi connectivity index (χ0n) is 14.7. The van der Waals surface area contributed by atoms with Gasteiger partial charge in [-0.15, -0.1) is 0 Å². The van der Waals surface area contributed by atoms with Gasteiger partial charge in [0.05, 0.1) is 17.6 Å². The van der Waals surface area contributed by atoms with E-state index in [4.69, 9.17) is 4.74 Å². The smallest absolute Gasteiger partial charge is 0.241 e. The SMILES string of the molecule is COc1ccc(CNc2cccc(S(=O)(=O)NC3CC3)c2C)cc1C#N. The maximum Gasteiger partial charge on any atom is 0.241 e. The van der Waals surface area contributed by atoms with Crippen molar-refractivity contribution in [1.29, 1.82) is 5.26 Å². The summed E-state index contributed by atoms with van der Waals surface area (Å²) in [4.78, 5) is 0.293. The van der Waals surface area contributed by atoms with Gasteiger partial charge in [-0.2, -0.15) is 5.26 Å². The zero-order chi connectivity index (χ0) is 18.7. The van der Waals surface area contributed by atoms with Crippen molar-refractivity contribution in [2.24, 2.45) is 0 Å². The van der Waals surface area contributed by atoms with Crippen LogP contribution in [0, 0.1) is 18.3 Å². The van der Waals surface area contributed by atoms with Gasteiger partial charge in [0.2, 0.25) is 10.0 Å². The molecule has 0 atom stereocenters. The Morgan fingerprint density at radius 2 is 2.04 bits per heavy atom. The number of nitrogens with one attached hydrogen (secondary N) is 2. The standard InChI is InChI=1S/C19H21N3O3S/c1-13-17(4-3-5-19(13)26(23,24)22-16-7-8-16)21-12-14-6-9-18(25-2)15(10-14)11-20/h3-6,9-10,16,21-22H,7-8,12H2,1-2H3. The molecule has 7 heteroatoms. The number of rotatable bonds is 7. The van der Waals surface area contributed by atoms with E-state index < -0.39 is 10.0 Å². The second-order valence-electron chi connectivity index (χ2n) is 6.32. The Morgan fingerprint density at radius 3 is 2.69 bits per heavy atom. The first-order chi connectivity index (χ1) is 12.4. The van der Waals surface area contributed by atoms with E-state index >= 15 is 0 Å². The largest absolute Gasteiger partial charge is 0.495 e. The highest BCUT2D eigenvalue weighted by atomic mass is 32.2. The summed E-state index contributed by atoms with van der Waals surface area (Å²) < 4.78 is 32.8. The van der Waals surface area contributed by atoms with E-state index in [1.165, 1.54) is 7.11 Å². The van der Waals surface area contributed by atoms with Crippen molar-refractivity contribution in [2.75, 3.05) is 12.4 Å². The molecule has 0 spiro atoms. The fourth-order valence-electron chi connectivity index (χ4n) is 2.73. The Hall–Kier alpha value is -2.56. The molecule has 0 aromatic heterocycles. The monoisotopic (exact) mass is 371 g/mol. The quantitative estimate of drug-likeness (QED) is 0.781. The number of nitrogens with zero attached hydrogens (tertiary/aromatic N) is 1.